The molecule has 0 aliphatic carbocycles. The van der Waals surface area contributed by atoms with E-state index in [1.807, 2.05) is 0 Å². The van der Waals surface area contributed by atoms with Gasteiger partial charge in [0.1, 0.15) is 0 Å². The average molecular weight is 201 g/mol. The lowest BCUT2D eigenvalue weighted by molar-refractivity contribution is 0.598. The third kappa shape index (κ3) is 2.41. The first-order valence-electron chi connectivity index (χ1n) is 3.52. The zero-order chi connectivity index (χ0) is 10.1. The smallest absolute Gasteiger partial charge is 0.238 e. The van der Waals surface area contributed by atoms with E-state index in [0.717, 1.165) is 0 Å². The maximum atomic E-state index is 10.8. The molecule has 72 valence electrons. The Labute approximate surface area is 77.0 Å². The van der Waals surface area contributed by atoms with E-state index in [9.17, 15) is 8.42 Å². The Morgan fingerprint density at radius 2 is 1.69 bits per heavy atom. The van der Waals surface area contributed by atoms with E-state index < -0.39 is 10.0 Å². The number of nitrogens with zero attached hydrogens (tertiary/aromatic N) is 1. The molecule has 0 bridgehead atoms. The minimum Gasteiger partial charge on any atom is -0.314 e. The first kappa shape index (κ1) is 9.97. The van der Waals surface area contributed by atoms with Crippen molar-refractivity contribution in [1.82, 2.24) is 0 Å². The van der Waals surface area contributed by atoms with Crippen molar-refractivity contribution in [3.05, 3.63) is 24.3 Å². The van der Waals surface area contributed by atoms with Crippen LogP contribution in [0.2, 0.25) is 0 Å². The molecule has 0 atom stereocenters. The Balaban J connectivity index is 3.08. The van der Waals surface area contributed by atoms with Crippen LogP contribution in [-0.2, 0) is 10.0 Å². The van der Waals surface area contributed by atoms with Crippen molar-refractivity contribution >= 4 is 15.7 Å². The lowest BCUT2D eigenvalue weighted by Crippen LogP contribution is -2.25. The molecule has 5 nitrogen and oxygen atoms in total. The molecule has 0 saturated carbocycles. The molecule has 0 heterocycles. The van der Waals surface area contributed by atoms with Crippen molar-refractivity contribution in [3.63, 3.8) is 0 Å². The van der Waals surface area contributed by atoms with Crippen LogP contribution in [0.5, 0.6) is 0 Å². The van der Waals surface area contributed by atoms with Crippen LogP contribution in [0.3, 0.4) is 0 Å². The van der Waals surface area contributed by atoms with Gasteiger partial charge in [0.05, 0.1) is 10.6 Å². The summed E-state index contributed by atoms with van der Waals surface area (Å²) in [4.78, 5) is 0.0816. The van der Waals surface area contributed by atoms with Crippen LogP contribution in [0.4, 0.5) is 5.69 Å². The summed E-state index contributed by atoms with van der Waals surface area (Å²) in [5.74, 6) is 5.43. The Morgan fingerprint density at radius 3 is 2.00 bits per heavy atom. The molecular formula is C7H11N3O2S. The van der Waals surface area contributed by atoms with Gasteiger partial charge in [-0.25, -0.2) is 19.4 Å². The molecule has 6 heteroatoms. The van der Waals surface area contributed by atoms with Crippen LogP contribution in [0, 0.1) is 0 Å². The highest BCUT2D eigenvalue weighted by Crippen LogP contribution is 2.13. The van der Waals surface area contributed by atoms with Crippen LogP contribution in [0.25, 0.3) is 0 Å². The number of anilines is 1. The zero-order valence-corrected chi connectivity index (χ0v) is 7.95. The number of sulfonamides is 1. The number of hydrogen-bond donors (Lipinski definition) is 2. The maximum absolute atomic E-state index is 10.8. The zero-order valence-electron chi connectivity index (χ0n) is 7.14. The lowest BCUT2D eigenvalue weighted by atomic mass is 10.3. The second-order valence-electron chi connectivity index (χ2n) is 2.65. The second-order valence-corrected chi connectivity index (χ2v) is 4.21. The minimum atomic E-state index is -3.60. The van der Waals surface area contributed by atoms with Gasteiger partial charge in [-0.1, -0.05) is 0 Å². The summed E-state index contributed by atoms with van der Waals surface area (Å²) in [5.41, 5.74) is 0.715. The van der Waals surface area contributed by atoms with Gasteiger partial charge in [-0.2, -0.15) is 0 Å². The predicted octanol–water partition coefficient (Wildman–Crippen LogP) is -0.356. The summed E-state index contributed by atoms with van der Waals surface area (Å²) < 4.78 is 21.7. The van der Waals surface area contributed by atoms with Crippen molar-refractivity contribution < 1.29 is 8.42 Å². The lowest BCUT2D eigenvalue weighted by Gasteiger charge is -2.11. The van der Waals surface area contributed by atoms with E-state index >= 15 is 0 Å². The summed E-state index contributed by atoms with van der Waals surface area (Å²) in [6.45, 7) is 0. The van der Waals surface area contributed by atoms with E-state index in [1.165, 1.54) is 17.1 Å². The van der Waals surface area contributed by atoms with Gasteiger partial charge in [0, 0.05) is 7.05 Å². The van der Waals surface area contributed by atoms with Crippen LogP contribution < -0.4 is 16.0 Å². The van der Waals surface area contributed by atoms with Gasteiger partial charge in [0.2, 0.25) is 10.0 Å². The van der Waals surface area contributed by atoms with Gasteiger partial charge in [-0.15, -0.1) is 0 Å². The third-order valence-corrected chi connectivity index (χ3v) is 2.50. The molecule has 0 unspecified atom stereocenters. The van der Waals surface area contributed by atoms with Gasteiger partial charge < -0.3 is 5.01 Å². The SMILES string of the molecule is CN(N)c1ccc(S(N)(=O)=O)cc1. The molecule has 0 spiro atoms. The molecule has 0 saturated heterocycles. The van der Waals surface area contributed by atoms with E-state index in [-0.39, 0.29) is 4.90 Å². The van der Waals surface area contributed by atoms with Gasteiger partial charge in [0.25, 0.3) is 0 Å². The van der Waals surface area contributed by atoms with Crippen LogP contribution in [-0.4, -0.2) is 15.5 Å². The molecule has 0 amide bonds. The first-order chi connectivity index (χ1) is 5.91. The Hall–Kier alpha value is -1.11. The van der Waals surface area contributed by atoms with Crippen molar-refractivity contribution in [2.45, 2.75) is 4.90 Å². The molecule has 1 aromatic carbocycles. The molecule has 4 N–H and O–H groups in total. The van der Waals surface area contributed by atoms with Gasteiger partial charge >= 0.3 is 0 Å². The molecule has 13 heavy (non-hydrogen) atoms. The van der Waals surface area contributed by atoms with Gasteiger partial charge in [-0.3, -0.25) is 0 Å². The second kappa shape index (κ2) is 3.33. The summed E-state index contributed by atoms with van der Waals surface area (Å²) in [7, 11) is -1.95. The number of hydrogen-bond acceptors (Lipinski definition) is 4. The standard InChI is InChI=1S/C7H11N3O2S/c1-10(8)6-2-4-7(5-3-6)13(9,11)12/h2-5H,8H2,1H3,(H2,9,11,12). The quantitative estimate of drug-likeness (QED) is 0.505. The predicted molar refractivity (Wildman–Crippen MR) is 50.4 cm³/mol. The fourth-order valence-electron chi connectivity index (χ4n) is 0.871. The topological polar surface area (TPSA) is 89.4 Å². The van der Waals surface area contributed by atoms with Crippen LogP contribution in [0.1, 0.15) is 0 Å². The molecule has 0 fully saturated rings. The number of hydrazine groups is 1. The summed E-state index contributed by atoms with van der Waals surface area (Å²) in [5, 5.41) is 6.29. The Bertz CT molecular complexity index is 383. The molecule has 0 aliphatic heterocycles. The van der Waals surface area contributed by atoms with E-state index in [0.29, 0.717) is 5.69 Å². The molecule has 0 aliphatic rings. The fourth-order valence-corrected chi connectivity index (χ4v) is 1.39. The average Bonchev–Trinajstić information content (AvgIpc) is 2.03. The number of rotatable bonds is 2. The van der Waals surface area contributed by atoms with Crippen molar-refractivity contribution in [3.8, 4) is 0 Å². The number of primary sulfonamides is 1. The largest absolute Gasteiger partial charge is 0.314 e. The minimum absolute atomic E-state index is 0.0816. The Kier molecular flexibility index (Phi) is 2.55. The van der Waals surface area contributed by atoms with Crippen molar-refractivity contribution in [2.75, 3.05) is 12.1 Å². The van der Waals surface area contributed by atoms with Gasteiger partial charge in [0.15, 0.2) is 0 Å². The van der Waals surface area contributed by atoms with E-state index in [2.05, 4.69) is 0 Å². The maximum Gasteiger partial charge on any atom is 0.238 e. The van der Waals surface area contributed by atoms with E-state index in [1.54, 1.807) is 19.2 Å². The highest BCUT2D eigenvalue weighted by atomic mass is 32.2. The third-order valence-electron chi connectivity index (χ3n) is 1.57. The summed E-state index contributed by atoms with van der Waals surface area (Å²) in [6, 6.07) is 5.99. The number of nitrogens with two attached hydrogens (primary N) is 2. The van der Waals surface area contributed by atoms with Crippen molar-refractivity contribution in [1.29, 1.82) is 0 Å². The van der Waals surface area contributed by atoms with Crippen LogP contribution >= 0.6 is 0 Å². The molecule has 1 aromatic rings. The Morgan fingerprint density at radius 1 is 1.23 bits per heavy atom. The molecular weight excluding hydrogens is 190 g/mol. The van der Waals surface area contributed by atoms with Crippen molar-refractivity contribution in [2.24, 2.45) is 11.0 Å². The fraction of sp³-hybridized carbons (Fsp3) is 0.143. The highest BCUT2D eigenvalue weighted by molar-refractivity contribution is 7.89. The summed E-state index contributed by atoms with van der Waals surface area (Å²) >= 11 is 0. The van der Waals surface area contributed by atoms with E-state index in [4.69, 9.17) is 11.0 Å². The first-order valence-corrected chi connectivity index (χ1v) is 5.07. The summed E-state index contributed by atoms with van der Waals surface area (Å²) in [6.07, 6.45) is 0. The molecule has 0 radical (unpaired) electrons. The monoisotopic (exact) mass is 201 g/mol. The molecule has 0 aromatic heterocycles. The van der Waals surface area contributed by atoms with Crippen LogP contribution in [0.15, 0.2) is 29.2 Å². The number of benzene rings is 1. The molecule has 1 rings (SSSR count). The van der Waals surface area contributed by atoms with Gasteiger partial charge in [-0.05, 0) is 24.3 Å². The highest BCUT2D eigenvalue weighted by Gasteiger charge is 2.06. The normalized spacial score (nSPS) is 11.3.